The molecule has 0 heterocycles. The Kier molecular flexibility index (Phi) is 4.72. The van der Waals surface area contributed by atoms with Gasteiger partial charge in [-0.2, -0.15) is 0 Å². The molecule has 0 amide bonds. The van der Waals surface area contributed by atoms with Crippen molar-refractivity contribution in [3.8, 4) is 0 Å². The first-order valence-corrected chi connectivity index (χ1v) is 8.11. The monoisotopic (exact) mass is 311 g/mol. The Hall–Kier alpha value is -2.93. The zero-order valence-electron chi connectivity index (χ0n) is 14.2. The van der Waals surface area contributed by atoms with Gasteiger partial charge in [0, 0.05) is 11.1 Å². The molecule has 1 nitrogen and oxygen atoms in total. The highest BCUT2D eigenvalue weighted by atomic mass is 14.8. The van der Waals surface area contributed by atoms with Crippen LogP contribution < -0.4 is 0 Å². The lowest BCUT2D eigenvalue weighted by atomic mass is 9.97. The van der Waals surface area contributed by atoms with E-state index in [0.717, 1.165) is 28.1 Å². The van der Waals surface area contributed by atoms with Crippen molar-refractivity contribution < 1.29 is 0 Å². The van der Waals surface area contributed by atoms with Gasteiger partial charge in [0.25, 0.3) is 0 Å². The summed E-state index contributed by atoms with van der Waals surface area (Å²) in [5, 5.41) is 0. The molecule has 0 aromatic heterocycles. The van der Waals surface area contributed by atoms with Crippen LogP contribution in [0.2, 0.25) is 0 Å². The molecule has 0 bridgehead atoms. The molecule has 0 radical (unpaired) electrons. The van der Waals surface area contributed by atoms with Crippen molar-refractivity contribution in [1.29, 1.82) is 0 Å². The minimum atomic E-state index is 0.773. The molecule has 0 fully saturated rings. The molecule has 0 unspecified atom stereocenters. The highest BCUT2D eigenvalue weighted by Crippen LogP contribution is 2.21. The van der Waals surface area contributed by atoms with Gasteiger partial charge in [0.15, 0.2) is 0 Å². The third-order valence-electron chi connectivity index (χ3n) is 4.08. The minimum absolute atomic E-state index is 0.773. The molecule has 1 heteroatoms. The number of aryl methyl sites for hydroxylation is 2. The van der Waals surface area contributed by atoms with Gasteiger partial charge in [0.05, 0.1) is 11.4 Å². The summed E-state index contributed by atoms with van der Waals surface area (Å²) >= 11 is 0. The number of benzene rings is 3. The van der Waals surface area contributed by atoms with E-state index >= 15 is 0 Å². The molecule has 0 saturated carbocycles. The molecular weight excluding hydrogens is 290 g/mol. The lowest BCUT2D eigenvalue weighted by molar-refractivity contribution is 1.40. The van der Waals surface area contributed by atoms with Gasteiger partial charge in [0.1, 0.15) is 0 Å². The second-order valence-corrected chi connectivity index (χ2v) is 5.95. The van der Waals surface area contributed by atoms with Crippen molar-refractivity contribution in [3.63, 3.8) is 0 Å². The molecule has 24 heavy (non-hydrogen) atoms. The maximum absolute atomic E-state index is 4.90. The molecule has 0 aliphatic heterocycles. The summed E-state index contributed by atoms with van der Waals surface area (Å²) in [5.41, 5.74) is 7.46. The van der Waals surface area contributed by atoms with Crippen LogP contribution in [0.3, 0.4) is 0 Å². The van der Waals surface area contributed by atoms with Crippen LogP contribution in [-0.4, -0.2) is 5.71 Å². The second-order valence-electron chi connectivity index (χ2n) is 5.95. The fraction of sp³-hybridized carbons (Fsp3) is 0.0870. The van der Waals surface area contributed by atoms with Crippen LogP contribution in [0, 0.1) is 13.8 Å². The van der Waals surface area contributed by atoms with E-state index in [1.165, 1.54) is 11.1 Å². The Balaban J connectivity index is 2.12. The Morgan fingerprint density at radius 2 is 1.33 bits per heavy atom. The molecule has 0 aliphatic carbocycles. The molecule has 3 aromatic carbocycles. The van der Waals surface area contributed by atoms with Gasteiger partial charge in [-0.25, -0.2) is 4.99 Å². The van der Waals surface area contributed by atoms with Crippen molar-refractivity contribution >= 4 is 11.4 Å². The fourth-order valence-electron chi connectivity index (χ4n) is 2.66. The maximum atomic E-state index is 4.90. The zero-order valence-corrected chi connectivity index (χ0v) is 14.2. The Morgan fingerprint density at radius 3 is 2.00 bits per heavy atom. The summed E-state index contributed by atoms with van der Waals surface area (Å²) in [4.78, 5) is 4.90. The number of nitrogens with zero attached hydrogens (tertiary/aromatic N) is 1. The van der Waals surface area contributed by atoms with Gasteiger partial charge in [-0.05, 0) is 25.0 Å². The molecule has 3 aromatic rings. The number of hydrogen-bond acceptors (Lipinski definition) is 1. The quantitative estimate of drug-likeness (QED) is 0.539. The first kappa shape index (κ1) is 15.9. The highest BCUT2D eigenvalue weighted by Gasteiger charge is 2.10. The van der Waals surface area contributed by atoms with Crippen LogP contribution in [0.5, 0.6) is 0 Å². The van der Waals surface area contributed by atoms with Gasteiger partial charge in [-0.3, -0.25) is 0 Å². The molecule has 0 spiro atoms. The predicted molar refractivity (Wildman–Crippen MR) is 103 cm³/mol. The minimum Gasteiger partial charge on any atom is -0.248 e. The maximum Gasteiger partial charge on any atom is 0.0784 e. The number of hydrogen-bond donors (Lipinski definition) is 0. The lowest BCUT2D eigenvalue weighted by Crippen LogP contribution is -2.06. The Bertz CT molecular complexity index is 871. The van der Waals surface area contributed by atoms with Crippen molar-refractivity contribution in [2.75, 3.05) is 0 Å². The van der Waals surface area contributed by atoms with Crippen LogP contribution in [0.1, 0.15) is 27.8 Å². The van der Waals surface area contributed by atoms with Gasteiger partial charge < -0.3 is 0 Å². The van der Waals surface area contributed by atoms with Gasteiger partial charge >= 0.3 is 0 Å². The summed E-state index contributed by atoms with van der Waals surface area (Å²) in [6.07, 6.45) is 0. The van der Waals surface area contributed by atoms with E-state index in [9.17, 15) is 0 Å². The second kappa shape index (κ2) is 7.10. The summed E-state index contributed by atoms with van der Waals surface area (Å²) in [5.74, 6) is 0. The normalized spacial score (nSPS) is 11.3. The average Bonchev–Trinajstić information content (AvgIpc) is 2.62. The first-order chi connectivity index (χ1) is 11.6. The fourth-order valence-corrected chi connectivity index (χ4v) is 2.66. The largest absolute Gasteiger partial charge is 0.248 e. The Morgan fingerprint density at radius 1 is 0.708 bits per heavy atom. The van der Waals surface area contributed by atoms with Crippen LogP contribution in [0.15, 0.2) is 90.4 Å². The van der Waals surface area contributed by atoms with Crippen molar-refractivity contribution in [1.82, 2.24) is 0 Å². The van der Waals surface area contributed by atoms with E-state index in [4.69, 9.17) is 4.99 Å². The van der Waals surface area contributed by atoms with E-state index in [-0.39, 0.29) is 0 Å². The van der Waals surface area contributed by atoms with Gasteiger partial charge in [-0.1, -0.05) is 91.0 Å². The topological polar surface area (TPSA) is 12.4 Å². The smallest absolute Gasteiger partial charge is 0.0784 e. The molecule has 0 atom stereocenters. The third kappa shape index (κ3) is 3.52. The zero-order chi connectivity index (χ0) is 16.9. The van der Waals surface area contributed by atoms with Crippen molar-refractivity contribution in [3.05, 3.63) is 113 Å². The molecule has 0 saturated heterocycles. The van der Waals surface area contributed by atoms with Crippen LogP contribution in [0.25, 0.3) is 5.70 Å². The molecular formula is C23H21N. The summed E-state index contributed by atoms with van der Waals surface area (Å²) < 4.78 is 0. The summed E-state index contributed by atoms with van der Waals surface area (Å²) in [6.45, 7) is 8.39. The summed E-state index contributed by atoms with van der Waals surface area (Å²) in [7, 11) is 0. The Labute approximate surface area is 144 Å². The third-order valence-corrected chi connectivity index (χ3v) is 4.08. The van der Waals surface area contributed by atoms with Crippen molar-refractivity contribution in [2.24, 2.45) is 4.99 Å². The van der Waals surface area contributed by atoms with E-state index in [1.54, 1.807) is 0 Å². The number of rotatable bonds is 4. The summed E-state index contributed by atoms with van der Waals surface area (Å²) in [6, 6.07) is 26.9. The van der Waals surface area contributed by atoms with Crippen molar-refractivity contribution in [2.45, 2.75) is 13.8 Å². The van der Waals surface area contributed by atoms with Gasteiger partial charge in [0.2, 0.25) is 0 Å². The van der Waals surface area contributed by atoms with Crippen LogP contribution >= 0.6 is 0 Å². The average molecular weight is 311 g/mol. The molecule has 0 aliphatic rings. The predicted octanol–water partition coefficient (Wildman–Crippen LogP) is 5.81. The van der Waals surface area contributed by atoms with Crippen LogP contribution in [0.4, 0.5) is 0 Å². The molecule has 118 valence electrons. The first-order valence-electron chi connectivity index (χ1n) is 8.11. The van der Waals surface area contributed by atoms with E-state index in [1.807, 2.05) is 30.3 Å². The standard InChI is InChI=1S/C23H21N/c1-17-13-15-21(16-14-17)23(22-12-8-7-9-18(22)2)24-19(3)20-10-5-4-6-11-20/h4-16H,3H2,1-2H3. The highest BCUT2D eigenvalue weighted by molar-refractivity contribution is 6.15. The van der Waals surface area contributed by atoms with E-state index in [0.29, 0.717) is 0 Å². The van der Waals surface area contributed by atoms with E-state index in [2.05, 4.69) is 69.0 Å². The molecule has 3 rings (SSSR count). The van der Waals surface area contributed by atoms with E-state index < -0.39 is 0 Å². The lowest BCUT2D eigenvalue weighted by Gasteiger charge is -2.12. The van der Waals surface area contributed by atoms with Gasteiger partial charge in [-0.15, -0.1) is 0 Å². The molecule has 0 N–H and O–H groups in total. The van der Waals surface area contributed by atoms with Crippen LogP contribution in [-0.2, 0) is 0 Å². The SMILES string of the molecule is C=C(N=C(c1ccc(C)cc1)c1ccccc1C)c1ccccc1. The number of aliphatic imine (C=N–C) groups is 1.